The van der Waals surface area contributed by atoms with Crippen molar-refractivity contribution in [3.8, 4) is 0 Å². The van der Waals surface area contributed by atoms with Gasteiger partial charge in [-0.2, -0.15) is 10.2 Å². The van der Waals surface area contributed by atoms with Crippen molar-refractivity contribution in [2.24, 2.45) is 0 Å². The lowest BCUT2D eigenvalue weighted by atomic mass is 10.7. The van der Waals surface area contributed by atoms with Gasteiger partial charge in [-0.05, 0) is 18.3 Å². The van der Waals surface area contributed by atoms with Gasteiger partial charge in [-0.25, -0.2) is 0 Å². The molecule has 1 nitrogen and oxygen atoms in total. The second kappa shape index (κ2) is 4.24. The molecule has 0 saturated heterocycles. The van der Waals surface area contributed by atoms with E-state index >= 15 is 0 Å². The van der Waals surface area contributed by atoms with Crippen LogP contribution >= 0.6 is 10.2 Å². The molecule has 0 aromatic rings. The van der Waals surface area contributed by atoms with Gasteiger partial charge in [-0.3, -0.25) is 4.31 Å². The molecule has 64 valence electrons. The standard InChI is InChI=1S/C8H21NS/c1-6-9(7-2)10(4,5)8-3/h6-8H2,1-5H3. The van der Waals surface area contributed by atoms with E-state index in [1.165, 1.54) is 18.8 Å². The minimum absolute atomic E-state index is 0.427. The van der Waals surface area contributed by atoms with Crippen LogP contribution in [-0.2, 0) is 0 Å². The number of rotatable bonds is 4. The summed E-state index contributed by atoms with van der Waals surface area (Å²) in [5.74, 6) is 1.31. The van der Waals surface area contributed by atoms with Gasteiger partial charge in [-0.1, -0.05) is 20.8 Å². The fourth-order valence-corrected chi connectivity index (χ4v) is 2.87. The average molecular weight is 163 g/mol. The Balaban J connectivity index is 3.97. The molecule has 0 unspecified atom stereocenters. The Morgan fingerprint density at radius 3 is 1.50 bits per heavy atom. The van der Waals surface area contributed by atoms with Gasteiger partial charge in [0, 0.05) is 13.1 Å². The normalized spacial score (nSPS) is 14.2. The molecule has 0 spiro atoms. The smallest absolute Gasteiger partial charge is 0.00453 e. The van der Waals surface area contributed by atoms with Crippen LogP contribution in [0.5, 0.6) is 0 Å². The van der Waals surface area contributed by atoms with Crippen LogP contribution in [0.2, 0.25) is 0 Å². The van der Waals surface area contributed by atoms with E-state index in [0.29, 0.717) is 0 Å². The molecule has 0 N–H and O–H groups in total. The first-order valence-electron chi connectivity index (χ1n) is 4.04. The molecule has 0 amide bonds. The summed E-state index contributed by atoms with van der Waals surface area (Å²) in [5.41, 5.74) is 0. The highest BCUT2D eigenvalue weighted by Crippen LogP contribution is 2.42. The fraction of sp³-hybridized carbons (Fsp3) is 1.00. The highest BCUT2D eigenvalue weighted by Gasteiger charge is 2.15. The molecule has 0 rings (SSSR count). The van der Waals surface area contributed by atoms with Crippen molar-refractivity contribution >= 4 is 10.2 Å². The van der Waals surface area contributed by atoms with Crippen LogP contribution in [-0.4, -0.2) is 35.7 Å². The molecule has 0 aromatic heterocycles. The number of nitrogens with zero attached hydrogens (tertiary/aromatic N) is 1. The van der Waals surface area contributed by atoms with E-state index in [9.17, 15) is 0 Å². The van der Waals surface area contributed by atoms with Crippen molar-refractivity contribution < 1.29 is 0 Å². The van der Waals surface area contributed by atoms with Gasteiger partial charge in [0.1, 0.15) is 0 Å². The average Bonchev–Trinajstić information content (AvgIpc) is 1.90. The van der Waals surface area contributed by atoms with Crippen molar-refractivity contribution in [2.45, 2.75) is 20.8 Å². The molecule has 2 heteroatoms. The lowest BCUT2D eigenvalue weighted by molar-refractivity contribution is 0.512. The van der Waals surface area contributed by atoms with Crippen LogP contribution < -0.4 is 0 Å². The monoisotopic (exact) mass is 163 g/mol. The van der Waals surface area contributed by atoms with Gasteiger partial charge in [0.15, 0.2) is 0 Å². The minimum Gasteiger partial charge on any atom is -0.269 e. The van der Waals surface area contributed by atoms with E-state index in [1.807, 2.05) is 0 Å². The molecule has 0 bridgehead atoms. The van der Waals surface area contributed by atoms with Crippen LogP contribution in [0, 0.1) is 0 Å². The molecule has 0 fully saturated rings. The largest absolute Gasteiger partial charge is 0.269 e. The van der Waals surface area contributed by atoms with Gasteiger partial charge >= 0.3 is 0 Å². The SMILES string of the molecule is CCN(CC)S(C)(C)CC. The molecule has 0 aliphatic rings. The van der Waals surface area contributed by atoms with Crippen molar-refractivity contribution in [2.75, 3.05) is 31.4 Å². The maximum atomic E-state index is 2.58. The first-order valence-corrected chi connectivity index (χ1v) is 6.62. The van der Waals surface area contributed by atoms with E-state index in [1.54, 1.807) is 0 Å². The Hall–Kier alpha value is 0.310. The van der Waals surface area contributed by atoms with E-state index in [-0.39, 0.29) is 0 Å². The van der Waals surface area contributed by atoms with Gasteiger partial charge in [0.05, 0.1) is 0 Å². The van der Waals surface area contributed by atoms with Gasteiger partial charge < -0.3 is 0 Å². The Morgan fingerprint density at radius 1 is 1.00 bits per heavy atom. The molecule has 10 heavy (non-hydrogen) atoms. The first kappa shape index (κ1) is 10.3. The molecular weight excluding hydrogens is 142 g/mol. The van der Waals surface area contributed by atoms with Crippen molar-refractivity contribution in [1.29, 1.82) is 0 Å². The third kappa shape index (κ3) is 2.51. The Bertz CT molecular complexity index is 87.3. The lowest BCUT2D eigenvalue weighted by Crippen LogP contribution is -2.27. The topological polar surface area (TPSA) is 3.24 Å². The zero-order valence-corrected chi connectivity index (χ0v) is 8.79. The number of hydrogen-bond donors (Lipinski definition) is 0. The third-order valence-corrected chi connectivity index (χ3v) is 5.44. The highest BCUT2D eigenvalue weighted by molar-refractivity contribution is 8.30. The molecule has 0 aliphatic heterocycles. The maximum absolute atomic E-state index is 2.58. The summed E-state index contributed by atoms with van der Waals surface area (Å²) < 4.78 is 2.58. The van der Waals surface area contributed by atoms with Gasteiger partial charge in [-0.15, -0.1) is 0 Å². The summed E-state index contributed by atoms with van der Waals surface area (Å²) in [6.45, 7) is 9.18. The van der Waals surface area contributed by atoms with E-state index in [0.717, 1.165) is 0 Å². The second-order valence-electron chi connectivity index (χ2n) is 2.88. The molecule has 0 saturated carbocycles. The Labute approximate surface area is 67.2 Å². The molecule has 0 aliphatic carbocycles. The van der Waals surface area contributed by atoms with Gasteiger partial charge in [0.2, 0.25) is 0 Å². The van der Waals surface area contributed by atoms with Crippen LogP contribution in [0.1, 0.15) is 20.8 Å². The van der Waals surface area contributed by atoms with E-state index < -0.39 is 10.2 Å². The van der Waals surface area contributed by atoms with Crippen LogP contribution in [0.3, 0.4) is 0 Å². The van der Waals surface area contributed by atoms with Gasteiger partial charge in [0.25, 0.3) is 0 Å². The Kier molecular flexibility index (Phi) is 4.37. The van der Waals surface area contributed by atoms with Crippen LogP contribution in [0.25, 0.3) is 0 Å². The lowest BCUT2D eigenvalue weighted by Gasteiger charge is -2.41. The van der Waals surface area contributed by atoms with Crippen molar-refractivity contribution in [3.63, 3.8) is 0 Å². The number of hydrogen-bond acceptors (Lipinski definition) is 1. The van der Waals surface area contributed by atoms with E-state index in [4.69, 9.17) is 0 Å². The fourth-order valence-electron chi connectivity index (χ4n) is 1.11. The summed E-state index contributed by atoms with van der Waals surface area (Å²) >= 11 is 0. The zero-order chi connectivity index (χ0) is 8.20. The molecule has 0 atom stereocenters. The van der Waals surface area contributed by atoms with Crippen molar-refractivity contribution in [1.82, 2.24) is 4.31 Å². The summed E-state index contributed by atoms with van der Waals surface area (Å²) in [7, 11) is -0.427. The summed E-state index contributed by atoms with van der Waals surface area (Å²) in [4.78, 5) is 0. The summed E-state index contributed by atoms with van der Waals surface area (Å²) in [6, 6.07) is 0. The van der Waals surface area contributed by atoms with Crippen LogP contribution in [0.4, 0.5) is 0 Å². The summed E-state index contributed by atoms with van der Waals surface area (Å²) in [6.07, 6.45) is 4.78. The molecule has 0 radical (unpaired) electrons. The third-order valence-electron chi connectivity index (χ3n) is 2.11. The molecular formula is C8H21NS. The predicted octanol–water partition coefficient (Wildman–Crippen LogP) is 2.33. The predicted molar refractivity (Wildman–Crippen MR) is 52.9 cm³/mol. The summed E-state index contributed by atoms with van der Waals surface area (Å²) in [5, 5.41) is 0. The quantitative estimate of drug-likeness (QED) is 0.615. The molecule has 0 aromatic carbocycles. The highest BCUT2D eigenvalue weighted by atomic mass is 32.3. The second-order valence-corrected chi connectivity index (χ2v) is 6.94. The molecule has 0 heterocycles. The van der Waals surface area contributed by atoms with Crippen LogP contribution in [0.15, 0.2) is 0 Å². The van der Waals surface area contributed by atoms with E-state index in [2.05, 4.69) is 37.6 Å². The minimum atomic E-state index is -0.427. The first-order chi connectivity index (χ1) is 4.58. The Morgan fingerprint density at radius 2 is 1.40 bits per heavy atom. The van der Waals surface area contributed by atoms with Crippen molar-refractivity contribution in [3.05, 3.63) is 0 Å². The maximum Gasteiger partial charge on any atom is 0.00453 e. The zero-order valence-electron chi connectivity index (χ0n) is 7.98.